The summed E-state index contributed by atoms with van der Waals surface area (Å²) in [6.45, 7) is 3.13. The van der Waals surface area contributed by atoms with Crippen LogP contribution in [0, 0.1) is 6.92 Å². The largest absolute Gasteiger partial charge is 0.496 e. The summed E-state index contributed by atoms with van der Waals surface area (Å²) in [5, 5.41) is 3.10. The monoisotopic (exact) mass is 257 g/mol. The maximum Gasteiger partial charge on any atom is 0.148 e. The van der Waals surface area contributed by atoms with Gasteiger partial charge in [-0.25, -0.2) is 8.42 Å². The first kappa shape index (κ1) is 14.0. The molecule has 0 aliphatic heterocycles. The Labute approximate surface area is 103 Å². The van der Waals surface area contributed by atoms with Crippen molar-refractivity contribution in [3.63, 3.8) is 0 Å². The first-order valence-electron chi connectivity index (χ1n) is 5.44. The number of benzene rings is 1. The molecule has 0 bridgehead atoms. The van der Waals surface area contributed by atoms with Gasteiger partial charge >= 0.3 is 0 Å². The lowest BCUT2D eigenvalue weighted by atomic mass is 10.1. The van der Waals surface area contributed by atoms with E-state index in [1.54, 1.807) is 7.11 Å². The van der Waals surface area contributed by atoms with E-state index < -0.39 is 9.84 Å². The number of aryl methyl sites for hydroxylation is 1. The topological polar surface area (TPSA) is 55.4 Å². The van der Waals surface area contributed by atoms with E-state index in [0.717, 1.165) is 16.9 Å². The lowest BCUT2D eigenvalue weighted by Gasteiger charge is -2.08. The Kier molecular flexibility index (Phi) is 4.96. The second-order valence-electron chi connectivity index (χ2n) is 4.11. The van der Waals surface area contributed by atoms with Gasteiger partial charge in [-0.15, -0.1) is 0 Å². The zero-order chi connectivity index (χ0) is 12.9. The standard InChI is InChI=1S/C12H19NO3S/c1-10-8-11(4-5-12(10)16-2)9-13-6-7-17(3,14)15/h4-5,8,13H,6-7,9H2,1-3H3. The van der Waals surface area contributed by atoms with Gasteiger partial charge in [-0.3, -0.25) is 0 Å². The van der Waals surface area contributed by atoms with Crippen molar-refractivity contribution in [1.29, 1.82) is 0 Å². The fourth-order valence-corrected chi connectivity index (χ4v) is 2.06. The van der Waals surface area contributed by atoms with Crippen molar-refractivity contribution in [2.24, 2.45) is 0 Å². The zero-order valence-electron chi connectivity index (χ0n) is 10.5. The van der Waals surface area contributed by atoms with Gasteiger partial charge in [0, 0.05) is 19.3 Å². The van der Waals surface area contributed by atoms with Gasteiger partial charge in [-0.05, 0) is 24.1 Å². The average molecular weight is 257 g/mol. The summed E-state index contributed by atoms with van der Waals surface area (Å²) in [7, 11) is -1.23. The Morgan fingerprint density at radius 1 is 1.35 bits per heavy atom. The number of hydrogen-bond donors (Lipinski definition) is 1. The van der Waals surface area contributed by atoms with E-state index in [1.807, 2.05) is 25.1 Å². The van der Waals surface area contributed by atoms with Crippen molar-refractivity contribution in [3.05, 3.63) is 29.3 Å². The molecule has 0 heterocycles. The highest BCUT2D eigenvalue weighted by molar-refractivity contribution is 7.90. The lowest BCUT2D eigenvalue weighted by molar-refractivity contribution is 0.411. The van der Waals surface area contributed by atoms with Gasteiger partial charge in [0.05, 0.1) is 12.9 Å². The minimum absolute atomic E-state index is 0.169. The highest BCUT2D eigenvalue weighted by Crippen LogP contribution is 2.18. The van der Waals surface area contributed by atoms with E-state index in [-0.39, 0.29) is 5.75 Å². The average Bonchev–Trinajstić information content (AvgIpc) is 2.23. The van der Waals surface area contributed by atoms with E-state index in [4.69, 9.17) is 4.74 Å². The van der Waals surface area contributed by atoms with E-state index in [9.17, 15) is 8.42 Å². The molecule has 0 aliphatic carbocycles. The van der Waals surface area contributed by atoms with E-state index in [2.05, 4.69) is 5.32 Å². The third kappa shape index (κ3) is 5.19. The summed E-state index contributed by atoms with van der Waals surface area (Å²) in [5.74, 6) is 1.03. The zero-order valence-corrected chi connectivity index (χ0v) is 11.3. The normalized spacial score (nSPS) is 11.5. The summed E-state index contributed by atoms with van der Waals surface area (Å²) in [4.78, 5) is 0. The number of methoxy groups -OCH3 is 1. The van der Waals surface area contributed by atoms with E-state index in [1.165, 1.54) is 6.26 Å². The van der Waals surface area contributed by atoms with Gasteiger partial charge in [0.1, 0.15) is 15.6 Å². The molecule has 5 heteroatoms. The van der Waals surface area contributed by atoms with Crippen molar-refractivity contribution in [1.82, 2.24) is 5.32 Å². The van der Waals surface area contributed by atoms with Crippen molar-refractivity contribution in [3.8, 4) is 5.75 Å². The van der Waals surface area contributed by atoms with Crippen LogP contribution in [-0.2, 0) is 16.4 Å². The number of ether oxygens (including phenoxy) is 1. The van der Waals surface area contributed by atoms with Gasteiger partial charge in [0.25, 0.3) is 0 Å². The minimum Gasteiger partial charge on any atom is -0.496 e. The summed E-state index contributed by atoms with van der Waals surface area (Å²) >= 11 is 0. The number of sulfone groups is 1. The Morgan fingerprint density at radius 2 is 2.06 bits per heavy atom. The van der Waals surface area contributed by atoms with Gasteiger partial charge in [0.2, 0.25) is 0 Å². The van der Waals surface area contributed by atoms with Crippen molar-refractivity contribution in [2.75, 3.05) is 25.7 Å². The predicted molar refractivity (Wildman–Crippen MR) is 69.1 cm³/mol. The third-order valence-corrected chi connectivity index (χ3v) is 3.38. The first-order valence-corrected chi connectivity index (χ1v) is 7.50. The summed E-state index contributed by atoms with van der Waals surface area (Å²) in [6, 6.07) is 5.93. The van der Waals surface area contributed by atoms with Gasteiger partial charge in [-0.1, -0.05) is 12.1 Å². The molecule has 0 atom stereocenters. The molecule has 0 radical (unpaired) electrons. The molecule has 96 valence electrons. The summed E-state index contributed by atoms with van der Waals surface area (Å²) < 4.78 is 27.0. The van der Waals surface area contributed by atoms with Crippen LogP contribution in [0.15, 0.2) is 18.2 Å². The molecule has 0 aliphatic rings. The molecule has 0 spiro atoms. The number of nitrogens with one attached hydrogen (secondary N) is 1. The van der Waals surface area contributed by atoms with E-state index >= 15 is 0 Å². The van der Waals surface area contributed by atoms with Crippen LogP contribution in [-0.4, -0.2) is 34.1 Å². The molecule has 0 fully saturated rings. The molecule has 0 unspecified atom stereocenters. The molecule has 17 heavy (non-hydrogen) atoms. The Bertz CT molecular complexity index is 469. The van der Waals surface area contributed by atoms with Crippen LogP contribution in [0.25, 0.3) is 0 Å². The maximum atomic E-state index is 10.9. The quantitative estimate of drug-likeness (QED) is 0.776. The van der Waals surface area contributed by atoms with Crippen LogP contribution in [0.5, 0.6) is 5.75 Å². The molecule has 1 aromatic carbocycles. The van der Waals surface area contributed by atoms with Crippen LogP contribution in [0.2, 0.25) is 0 Å². The first-order chi connectivity index (χ1) is 7.92. The van der Waals surface area contributed by atoms with Crippen LogP contribution in [0.3, 0.4) is 0 Å². The van der Waals surface area contributed by atoms with Gasteiger partial charge in [0.15, 0.2) is 0 Å². The fraction of sp³-hybridized carbons (Fsp3) is 0.500. The van der Waals surface area contributed by atoms with Gasteiger partial charge < -0.3 is 10.1 Å². The van der Waals surface area contributed by atoms with E-state index in [0.29, 0.717) is 13.1 Å². The highest BCUT2D eigenvalue weighted by Gasteiger charge is 2.02. The van der Waals surface area contributed by atoms with Crippen molar-refractivity contribution in [2.45, 2.75) is 13.5 Å². The molecule has 1 rings (SSSR count). The molecule has 0 amide bonds. The molecular weight excluding hydrogens is 238 g/mol. The molecule has 1 aromatic rings. The summed E-state index contributed by atoms with van der Waals surface area (Å²) in [5.41, 5.74) is 2.20. The minimum atomic E-state index is -2.88. The summed E-state index contributed by atoms with van der Waals surface area (Å²) in [6.07, 6.45) is 1.24. The smallest absolute Gasteiger partial charge is 0.148 e. The van der Waals surface area contributed by atoms with Crippen LogP contribution < -0.4 is 10.1 Å². The number of rotatable bonds is 6. The molecule has 1 N–H and O–H groups in total. The second kappa shape index (κ2) is 6.02. The van der Waals surface area contributed by atoms with Crippen molar-refractivity contribution < 1.29 is 13.2 Å². The van der Waals surface area contributed by atoms with Crippen LogP contribution in [0.4, 0.5) is 0 Å². The lowest BCUT2D eigenvalue weighted by Crippen LogP contribution is -2.21. The van der Waals surface area contributed by atoms with Crippen LogP contribution >= 0.6 is 0 Å². The van der Waals surface area contributed by atoms with Gasteiger partial charge in [-0.2, -0.15) is 0 Å². The molecule has 0 aromatic heterocycles. The SMILES string of the molecule is COc1ccc(CNCCS(C)(=O)=O)cc1C. The molecule has 4 nitrogen and oxygen atoms in total. The highest BCUT2D eigenvalue weighted by atomic mass is 32.2. The van der Waals surface area contributed by atoms with Crippen LogP contribution in [0.1, 0.15) is 11.1 Å². The molecule has 0 saturated heterocycles. The predicted octanol–water partition coefficient (Wildman–Crippen LogP) is 1.14. The Morgan fingerprint density at radius 3 is 2.59 bits per heavy atom. The maximum absolute atomic E-state index is 10.9. The number of hydrogen-bond acceptors (Lipinski definition) is 4. The Hall–Kier alpha value is -1.07. The van der Waals surface area contributed by atoms with Crippen molar-refractivity contribution >= 4 is 9.84 Å². The second-order valence-corrected chi connectivity index (χ2v) is 6.37. The fourth-order valence-electron chi connectivity index (χ4n) is 1.54. The Balaban J connectivity index is 2.45. The molecule has 0 saturated carbocycles. The third-order valence-electron chi connectivity index (χ3n) is 2.44. The molecular formula is C12H19NO3S.